The molecule has 1 heteroatoms. The summed E-state index contributed by atoms with van der Waals surface area (Å²) in [7, 11) is 0. The molecule has 0 heterocycles. The Bertz CT molecular complexity index is 1340. The third kappa shape index (κ3) is 3.79. The van der Waals surface area contributed by atoms with Crippen molar-refractivity contribution in [1.82, 2.24) is 0 Å². The van der Waals surface area contributed by atoms with E-state index < -0.39 is 0 Å². The van der Waals surface area contributed by atoms with Gasteiger partial charge in [-0.1, -0.05) is 133 Å². The molecule has 0 bridgehead atoms. The van der Waals surface area contributed by atoms with Gasteiger partial charge in [0.2, 0.25) is 0 Å². The Morgan fingerprint density at radius 1 is 0.290 bits per heavy atom. The quantitative estimate of drug-likeness (QED) is 0.274. The van der Waals surface area contributed by atoms with Crippen LogP contribution in [0.25, 0.3) is 44.5 Å². The van der Waals surface area contributed by atoms with E-state index in [4.69, 9.17) is 11.6 Å². The molecule has 5 aromatic rings. The van der Waals surface area contributed by atoms with Crippen LogP contribution in [-0.2, 0) is 0 Å². The lowest BCUT2D eigenvalue weighted by atomic mass is 9.87. The molecule has 148 valence electrons. The smallest absolute Gasteiger partial charge is 0.0484 e. The fourth-order valence-corrected chi connectivity index (χ4v) is 4.41. The maximum atomic E-state index is 6.58. The number of benzene rings is 5. The molecule has 0 aliphatic rings. The van der Waals surface area contributed by atoms with Gasteiger partial charge in [-0.25, -0.2) is 0 Å². The molecule has 0 saturated carbocycles. The van der Waals surface area contributed by atoms with Gasteiger partial charge < -0.3 is 0 Å². The van der Waals surface area contributed by atoms with Crippen LogP contribution < -0.4 is 0 Å². The van der Waals surface area contributed by atoms with E-state index in [1.165, 1.54) is 33.4 Å². The van der Waals surface area contributed by atoms with Crippen LogP contribution in [0.2, 0.25) is 5.02 Å². The summed E-state index contributed by atoms with van der Waals surface area (Å²) in [5, 5.41) is 0.761. The molecule has 0 spiro atoms. The molecule has 0 saturated heterocycles. The zero-order valence-corrected chi connectivity index (χ0v) is 17.8. The molecule has 5 aromatic carbocycles. The normalized spacial score (nSPS) is 10.7. The summed E-state index contributed by atoms with van der Waals surface area (Å²) in [6, 6.07) is 44.3. The number of hydrogen-bond acceptors (Lipinski definition) is 0. The molecule has 0 radical (unpaired) electrons. The topological polar surface area (TPSA) is 0 Å². The van der Waals surface area contributed by atoms with Crippen molar-refractivity contribution in [3.63, 3.8) is 0 Å². The first-order chi connectivity index (χ1) is 15.3. The predicted molar refractivity (Wildman–Crippen MR) is 133 cm³/mol. The molecule has 0 aliphatic carbocycles. The number of rotatable bonds is 4. The number of hydrogen-bond donors (Lipinski definition) is 0. The van der Waals surface area contributed by atoms with Crippen LogP contribution in [-0.4, -0.2) is 0 Å². The third-order valence-corrected chi connectivity index (χ3v) is 5.94. The predicted octanol–water partition coefficient (Wildman–Crippen LogP) is 9.01. The van der Waals surface area contributed by atoms with E-state index in [0.717, 1.165) is 16.1 Å². The summed E-state index contributed by atoms with van der Waals surface area (Å²) in [5.41, 5.74) is 9.43. The third-order valence-electron chi connectivity index (χ3n) is 5.61. The van der Waals surface area contributed by atoms with Gasteiger partial charge in [0.15, 0.2) is 0 Å². The first-order valence-corrected chi connectivity index (χ1v) is 10.8. The van der Waals surface area contributed by atoms with Gasteiger partial charge in [-0.3, -0.25) is 0 Å². The van der Waals surface area contributed by atoms with Crippen molar-refractivity contribution in [2.75, 3.05) is 0 Å². The Hall–Kier alpha value is -3.61. The standard InChI is InChI=1S/C30H21Cl/c31-30-21-11-10-20-29(30)28-19-9-8-18-27(28)26-17-7-6-16-25(26)24-15-5-4-14-23(24)22-12-2-1-3-13-22/h1-21H. The second kappa shape index (κ2) is 8.63. The monoisotopic (exact) mass is 416 g/mol. The second-order valence-electron chi connectivity index (χ2n) is 7.48. The second-order valence-corrected chi connectivity index (χ2v) is 7.89. The summed E-state index contributed by atoms with van der Waals surface area (Å²) < 4.78 is 0. The van der Waals surface area contributed by atoms with E-state index in [1.54, 1.807) is 0 Å². The van der Waals surface area contributed by atoms with Gasteiger partial charge in [0.1, 0.15) is 0 Å². The van der Waals surface area contributed by atoms with Gasteiger partial charge in [-0.05, 0) is 45.0 Å². The largest absolute Gasteiger partial charge is 0.0837 e. The molecule has 0 nitrogen and oxygen atoms in total. The number of halogens is 1. The average molecular weight is 417 g/mol. The Morgan fingerprint density at radius 2 is 0.613 bits per heavy atom. The molecule has 0 N–H and O–H groups in total. The van der Waals surface area contributed by atoms with Crippen molar-refractivity contribution < 1.29 is 0 Å². The Kier molecular flexibility index (Phi) is 5.39. The van der Waals surface area contributed by atoms with Crippen LogP contribution in [0, 0.1) is 0 Å². The molecular weight excluding hydrogens is 396 g/mol. The summed E-state index contributed by atoms with van der Waals surface area (Å²) in [6.45, 7) is 0. The van der Waals surface area contributed by atoms with E-state index >= 15 is 0 Å². The van der Waals surface area contributed by atoms with Crippen molar-refractivity contribution in [2.45, 2.75) is 0 Å². The Labute approximate surface area is 188 Å². The van der Waals surface area contributed by atoms with Crippen LogP contribution in [0.4, 0.5) is 0 Å². The Morgan fingerprint density at radius 3 is 1.10 bits per heavy atom. The first kappa shape index (κ1) is 19.4. The van der Waals surface area contributed by atoms with Gasteiger partial charge in [0, 0.05) is 10.6 Å². The maximum Gasteiger partial charge on any atom is 0.0484 e. The highest BCUT2D eigenvalue weighted by Crippen LogP contribution is 2.42. The molecule has 0 atom stereocenters. The molecule has 5 rings (SSSR count). The summed E-state index contributed by atoms with van der Waals surface area (Å²) in [5.74, 6) is 0. The van der Waals surface area contributed by atoms with E-state index in [-0.39, 0.29) is 0 Å². The van der Waals surface area contributed by atoms with Gasteiger partial charge >= 0.3 is 0 Å². The van der Waals surface area contributed by atoms with Crippen LogP contribution in [0.3, 0.4) is 0 Å². The zero-order chi connectivity index (χ0) is 21.0. The van der Waals surface area contributed by atoms with E-state index in [9.17, 15) is 0 Å². The molecule has 0 aromatic heterocycles. The van der Waals surface area contributed by atoms with Crippen molar-refractivity contribution in [3.8, 4) is 44.5 Å². The molecule has 0 fully saturated rings. The van der Waals surface area contributed by atoms with Crippen molar-refractivity contribution in [2.24, 2.45) is 0 Å². The molecule has 0 unspecified atom stereocenters. The van der Waals surface area contributed by atoms with Gasteiger partial charge in [-0.15, -0.1) is 0 Å². The van der Waals surface area contributed by atoms with Crippen LogP contribution in [0.1, 0.15) is 0 Å². The average Bonchev–Trinajstić information content (AvgIpc) is 2.85. The lowest BCUT2D eigenvalue weighted by Crippen LogP contribution is -1.91. The van der Waals surface area contributed by atoms with Gasteiger partial charge in [-0.2, -0.15) is 0 Å². The Balaban J connectivity index is 1.74. The minimum atomic E-state index is 0.761. The minimum absolute atomic E-state index is 0.761. The van der Waals surface area contributed by atoms with Crippen molar-refractivity contribution in [1.29, 1.82) is 0 Å². The molecular formula is C30H21Cl. The summed E-state index contributed by atoms with van der Waals surface area (Å²) in [4.78, 5) is 0. The van der Waals surface area contributed by atoms with E-state index in [0.29, 0.717) is 0 Å². The molecule has 31 heavy (non-hydrogen) atoms. The summed E-state index contributed by atoms with van der Waals surface area (Å²) in [6.07, 6.45) is 0. The zero-order valence-electron chi connectivity index (χ0n) is 17.0. The highest BCUT2D eigenvalue weighted by molar-refractivity contribution is 6.33. The molecule has 0 aliphatic heterocycles. The highest BCUT2D eigenvalue weighted by Gasteiger charge is 2.15. The fraction of sp³-hybridized carbons (Fsp3) is 0. The van der Waals surface area contributed by atoms with Crippen LogP contribution in [0.5, 0.6) is 0 Å². The lowest BCUT2D eigenvalue weighted by molar-refractivity contribution is 1.55. The SMILES string of the molecule is Clc1ccccc1-c1ccccc1-c1ccccc1-c1ccccc1-c1ccccc1. The fourth-order valence-electron chi connectivity index (χ4n) is 4.17. The first-order valence-electron chi connectivity index (χ1n) is 10.4. The van der Waals surface area contributed by atoms with Crippen LogP contribution >= 0.6 is 11.6 Å². The lowest BCUT2D eigenvalue weighted by Gasteiger charge is -2.17. The maximum absolute atomic E-state index is 6.58. The minimum Gasteiger partial charge on any atom is -0.0837 e. The van der Waals surface area contributed by atoms with Crippen molar-refractivity contribution >= 4 is 11.6 Å². The molecule has 0 amide bonds. The van der Waals surface area contributed by atoms with E-state index in [2.05, 4.69) is 109 Å². The van der Waals surface area contributed by atoms with Gasteiger partial charge in [0.25, 0.3) is 0 Å². The summed E-state index contributed by atoms with van der Waals surface area (Å²) >= 11 is 6.58. The van der Waals surface area contributed by atoms with E-state index in [1.807, 2.05) is 18.2 Å². The van der Waals surface area contributed by atoms with Gasteiger partial charge in [0.05, 0.1) is 0 Å². The van der Waals surface area contributed by atoms with Crippen molar-refractivity contribution in [3.05, 3.63) is 132 Å². The van der Waals surface area contributed by atoms with Crippen LogP contribution in [0.15, 0.2) is 127 Å². The highest BCUT2D eigenvalue weighted by atomic mass is 35.5.